The van der Waals surface area contributed by atoms with Crippen LogP contribution in [0.15, 0.2) is 82.6 Å². The number of carbonyl (C=O) groups excluding carboxylic acids is 1. The zero-order valence-corrected chi connectivity index (χ0v) is 18.6. The van der Waals surface area contributed by atoms with Gasteiger partial charge in [0.05, 0.1) is 21.3 Å². The predicted octanol–water partition coefficient (Wildman–Crippen LogP) is 3.96. The second kappa shape index (κ2) is 8.96. The van der Waals surface area contributed by atoms with E-state index in [1.54, 1.807) is 31.2 Å². The fourth-order valence-electron chi connectivity index (χ4n) is 2.59. The van der Waals surface area contributed by atoms with Crippen LogP contribution in [-0.2, 0) is 20.0 Å². The molecule has 3 N–H and O–H groups in total. The summed E-state index contributed by atoms with van der Waals surface area (Å²) in [4.78, 5) is 12.0. The van der Waals surface area contributed by atoms with Gasteiger partial charge in [-0.3, -0.25) is 4.72 Å². The second-order valence-corrected chi connectivity index (χ2v) is 10.2. The molecule has 0 aliphatic carbocycles. The molecule has 0 radical (unpaired) electrons. The Morgan fingerprint density at radius 3 is 2.00 bits per heavy atom. The van der Waals surface area contributed by atoms with Crippen LogP contribution in [0, 0.1) is 6.92 Å². The van der Waals surface area contributed by atoms with Crippen LogP contribution in [0.25, 0.3) is 0 Å². The lowest BCUT2D eigenvalue weighted by molar-refractivity contribution is 0.256. The number of rotatable bonds is 6. The number of nitrogens with one attached hydrogen (secondary N) is 3. The van der Waals surface area contributed by atoms with Crippen molar-refractivity contribution in [3.8, 4) is 0 Å². The molecule has 0 spiro atoms. The summed E-state index contributed by atoms with van der Waals surface area (Å²) in [6, 6.07) is 16.6. The monoisotopic (exact) mass is 479 g/mol. The summed E-state index contributed by atoms with van der Waals surface area (Å²) < 4.78 is 54.7. The zero-order valence-electron chi connectivity index (χ0n) is 16.2. The molecular formula is C20H18ClN3O5S2. The van der Waals surface area contributed by atoms with E-state index < -0.39 is 26.1 Å². The van der Waals surface area contributed by atoms with Crippen molar-refractivity contribution in [3.63, 3.8) is 0 Å². The van der Waals surface area contributed by atoms with E-state index in [0.29, 0.717) is 0 Å². The van der Waals surface area contributed by atoms with E-state index in [-0.39, 0.29) is 26.2 Å². The third kappa shape index (κ3) is 5.54. The quantitative estimate of drug-likeness (QED) is 0.494. The molecule has 0 atom stereocenters. The van der Waals surface area contributed by atoms with Crippen molar-refractivity contribution in [2.75, 3.05) is 10.0 Å². The summed E-state index contributed by atoms with van der Waals surface area (Å²) in [6.07, 6.45) is 0. The van der Waals surface area contributed by atoms with Crippen molar-refractivity contribution >= 4 is 49.1 Å². The van der Waals surface area contributed by atoms with Gasteiger partial charge in [-0.25, -0.2) is 26.4 Å². The van der Waals surface area contributed by atoms with E-state index in [1.165, 1.54) is 48.5 Å². The fourth-order valence-corrected chi connectivity index (χ4v) is 4.98. The molecule has 0 unspecified atom stereocenters. The maximum Gasteiger partial charge on any atom is 0.333 e. The smallest absolute Gasteiger partial charge is 0.306 e. The molecular weight excluding hydrogens is 462 g/mol. The van der Waals surface area contributed by atoms with Crippen LogP contribution in [0.5, 0.6) is 0 Å². The van der Waals surface area contributed by atoms with E-state index in [9.17, 15) is 21.6 Å². The number of hydrogen-bond acceptors (Lipinski definition) is 5. The number of benzene rings is 3. The van der Waals surface area contributed by atoms with E-state index >= 15 is 0 Å². The Morgan fingerprint density at radius 1 is 0.774 bits per heavy atom. The summed E-state index contributed by atoms with van der Waals surface area (Å²) in [5, 5.41) is 2.47. The lowest BCUT2D eigenvalue weighted by Gasteiger charge is -2.14. The number of urea groups is 1. The minimum absolute atomic E-state index is 0.102. The van der Waals surface area contributed by atoms with Crippen LogP contribution in [0.4, 0.5) is 16.2 Å². The summed E-state index contributed by atoms with van der Waals surface area (Å²) in [7, 11) is -8.28. The number of amides is 2. The van der Waals surface area contributed by atoms with Crippen LogP contribution in [0.3, 0.4) is 0 Å². The van der Waals surface area contributed by atoms with Gasteiger partial charge in [0.1, 0.15) is 4.90 Å². The maximum absolute atomic E-state index is 12.8. The highest BCUT2D eigenvalue weighted by Gasteiger charge is 2.22. The van der Waals surface area contributed by atoms with Gasteiger partial charge in [0, 0.05) is 0 Å². The van der Waals surface area contributed by atoms with E-state index in [2.05, 4.69) is 10.0 Å². The molecule has 162 valence electrons. The van der Waals surface area contributed by atoms with Crippen molar-refractivity contribution < 1.29 is 21.6 Å². The first-order valence-electron chi connectivity index (χ1n) is 8.85. The molecule has 2 amide bonds. The first-order valence-corrected chi connectivity index (χ1v) is 12.2. The van der Waals surface area contributed by atoms with Gasteiger partial charge in [-0.15, -0.1) is 0 Å². The molecule has 0 aliphatic rings. The zero-order chi connectivity index (χ0) is 22.6. The van der Waals surface area contributed by atoms with Crippen molar-refractivity contribution in [3.05, 3.63) is 83.4 Å². The summed E-state index contributed by atoms with van der Waals surface area (Å²) in [5.41, 5.74) is 0.901. The minimum Gasteiger partial charge on any atom is -0.306 e. The highest BCUT2D eigenvalue weighted by atomic mass is 35.5. The minimum atomic E-state index is -4.14. The molecule has 0 aliphatic heterocycles. The Hall–Kier alpha value is -3.08. The van der Waals surface area contributed by atoms with Gasteiger partial charge in [-0.1, -0.05) is 53.6 Å². The Morgan fingerprint density at radius 2 is 1.35 bits per heavy atom. The van der Waals surface area contributed by atoms with Gasteiger partial charge < -0.3 is 5.32 Å². The molecule has 0 bridgehead atoms. The molecule has 0 saturated carbocycles. The maximum atomic E-state index is 12.8. The van der Waals surface area contributed by atoms with Crippen molar-refractivity contribution in [1.29, 1.82) is 0 Å². The Labute approximate surface area is 185 Å². The Bertz CT molecular complexity index is 1320. The number of halogens is 1. The number of para-hydroxylation sites is 2. The van der Waals surface area contributed by atoms with Crippen LogP contribution >= 0.6 is 11.6 Å². The Kier molecular flexibility index (Phi) is 6.54. The normalized spacial score (nSPS) is 11.5. The van der Waals surface area contributed by atoms with E-state index in [0.717, 1.165) is 5.56 Å². The van der Waals surface area contributed by atoms with E-state index in [4.69, 9.17) is 11.6 Å². The molecule has 0 heterocycles. The molecule has 3 rings (SSSR count). The van der Waals surface area contributed by atoms with Gasteiger partial charge in [0.2, 0.25) is 0 Å². The number of hydrogen-bond donors (Lipinski definition) is 3. The predicted molar refractivity (Wildman–Crippen MR) is 119 cm³/mol. The van der Waals surface area contributed by atoms with Crippen LogP contribution in [-0.4, -0.2) is 22.9 Å². The second-order valence-electron chi connectivity index (χ2n) is 6.45. The van der Waals surface area contributed by atoms with Crippen molar-refractivity contribution in [2.24, 2.45) is 0 Å². The number of sulfonamides is 2. The molecule has 3 aromatic carbocycles. The molecule has 3 aromatic rings. The lowest BCUT2D eigenvalue weighted by Crippen LogP contribution is -2.34. The molecule has 0 saturated heterocycles. The van der Waals surface area contributed by atoms with Gasteiger partial charge in [-0.2, -0.15) is 0 Å². The summed E-state index contributed by atoms with van der Waals surface area (Å²) >= 11 is 6.01. The molecule has 0 fully saturated rings. The SMILES string of the molecule is Cc1ccc(S(=O)(=O)NC(=O)Nc2ccccc2S(=O)(=O)Nc2ccccc2Cl)cc1. The van der Waals surface area contributed by atoms with Gasteiger partial charge in [0.25, 0.3) is 20.0 Å². The average Bonchev–Trinajstić information content (AvgIpc) is 2.70. The van der Waals surface area contributed by atoms with Gasteiger partial charge in [0.15, 0.2) is 0 Å². The lowest BCUT2D eigenvalue weighted by atomic mass is 10.2. The highest BCUT2D eigenvalue weighted by Crippen LogP contribution is 2.27. The topological polar surface area (TPSA) is 121 Å². The van der Waals surface area contributed by atoms with Crippen LogP contribution in [0.2, 0.25) is 5.02 Å². The van der Waals surface area contributed by atoms with E-state index in [1.807, 2.05) is 4.72 Å². The fraction of sp³-hybridized carbons (Fsp3) is 0.0500. The molecule has 11 heteroatoms. The number of anilines is 2. The van der Waals surface area contributed by atoms with Crippen LogP contribution in [0.1, 0.15) is 5.56 Å². The average molecular weight is 480 g/mol. The Balaban J connectivity index is 1.82. The standard InChI is InChI=1S/C20H18ClN3O5S2/c1-14-10-12-15(13-11-14)30(26,27)24-20(25)22-18-8-4-5-9-19(18)31(28,29)23-17-7-3-2-6-16(17)21/h2-13,23H,1H3,(H2,22,24,25). The van der Waals surface area contributed by atoms with Gasteiger partial charge in [-0.05, 0) is 43.3 Å². The van der Waals surface area contributed by atoms with Crippen molar-refractivity contribution in [2.45, 2.75) is 16.7 Å². The number of carbonyl (C=O) groups is 1. The molecule has 31 heavy (non-hydrogen) atoms. The molecule has 8 nitrogen and oxygen atoms in total. The first kappa shape index (κ1) is 22.6. The molecule has 0 aromatic heterocycles. The summed E-state index contributed by atoms with van der Waals surface area (Å²) in [5.74, 6) is 0. The largest absolute Gasteiger partial charge is 0.333 e. The first-order chi connectivity index (χ1) is 14.6. The summed E-state index contributed by atoms with van der Waals surface area (Å²) in [6.45, 7) is 1.80. The third-order valence-electron chi connectivity index (χ3n) is 4.10. The number of aryl methyl sites for hydroxylation is 1. The van der Waals surface area contributed by atoms with Gasteiger partial charge >= 0.3 is 6.03 Å². The highest BCUT2D eigenvalue weighted by molar-refractivity contribution is 7.93. The van der Waals surface area contributed by atoms with Crippen molar-refractivity contribution in [1.82, 2.24) is 4.72 Å². The van der Waals surface area contributed by atoms with Crippen LogP contribution < -0.4 is 14.8 Å². The third-order valence-corrected chi connectivity index (χ3v) is 7.20.